The van der Waals surface area contributed by atoms with Crippen LogP contribution < -0.4 is 10.5 Å². The molecule has 0 radical (unpaired) electrons. The first-order chi connectivity index (χ1) is 9.24. The highest BCUT2D eigenvalue weighted by Crippen LogP contribution is 2.32. The normalized spacial score (nSPS) is 19.4. The minimum atomic E-state index is -0.0271. The standard InChI is InChI=1S/C16H18N2O/c1-11-6-13(9-18-8-11)16(17)14-7-12-4-2-3-5-15(12)19-10-14/h2-6,8-9,14,16H,7,10,17H2,1H3. The summed E-state index contributed by atoms with van der Waals surface area (Å²) < 4.78 is 5.81. The summed E-state index contributed by atoms with van der Waals surface area (Å²) in [5.41, 5.74) is 9.86. The summed E-state index contributed by atoms with van der Waals surface area (Å²) >= 11 is 0. The number of hydrogen-bond acceptors (Lipinski definition) is 3. The van der Waals surface area contributed by atoms with Gasteiger partial charge < -0.3 is 10.5 Å². The zero-order valence-electron chi connectivity index (χ0n) is 11.0. The maximum absolute atomic E-state index is 6.38. The first-order valence-corrected chi connectivity index (χ1v) is 6.62. The van der Waals surface area contributed by atoms with Gasteiger partial charge in [-0.1, -0.05) is 24.3 Å². The second kappa shape index (κ2) is 5.02. The molecular formula is C16H18N2O. The number of nitrogens with two attached hydrogens (primary N) is 1. The number of benzene rings is 1. The molecule has 0 saturated carbocycles. The molecule has 2 atom stereocenters. The third-order valence-corrected chi connectivity index (χ3v) is 3.70. The van der Waals surface area contributed by atoms with Crippen molar-refractivity contribution in [1.82, 2.24) is 4.98 Å². The second-order valence-corrected chi connectivity index (χ2v) is 5.20. The minimum absolute atomic E-state index is 0.0271. The summed E-state index contributed by atoms with van der Waals surface area (Å²) in [6, 6.07) is 10.3. The van der Waals surface area contributed by atoms with Crippen molar-refractivity contribution >= 4 is 0 Å². The zero-order valence-corrected chi connectivity index (χ0v) is 11.0. The second-order valence-electron chi connectivity index (χ2n) is 5.20. The number of rotatable bonds is 2. The van der Waals surface area contributed by atoms with E-state index in [1.165, 1.54) is 5.56 Å². The average Bonchev–Trinajstić information content (AvgIpc) is 2.46. The fourth-order valence-corrected chi connectivity index (χ4v) is 2.61. The zero-order chi connectivity index (χ0) is 13.2. The molecule has 0 saturated heterocycles. The van der Waals surface area contributed by atoms with E-state index in [-0.39, 0.29) is 6.04 Å². The average molecular weight is 254 g/mol. The Labute approximate surface area is 113 Å². The Kier molecular flexibility index (Phi) is 3.22. The smallest absolute Gasteiger partial charge is 0.122 e. The molecule has 98 valence electrons. The summed E-state index contributed by atoms with van der Waals surface area (Å²) in [4.78, 5) is 4.22. The highest BCUT2D eigenvalue weighted by Gasteiger charge is 2.26. The molecule has 2 N–H and O–H groups in total. The van der Waals surface area contributed by atoms with Gasteiger partial charge in [0.2, 0.25) is 0 Å². The van der Waals surface area contributed by atoms with Crippen molar-refractivity contribution in [2.75, 3.05) is 6.61 Å². The van der Waals surface area contributed by atoms with Gasteiger partial charge in [-0.05, 0) is 36.1 Å². The monoisotopic (exact) mass is 254 g/mol. The number of nitrogens with zero attached hydrogens (tertiary/aromatic N) is 1. The van der Waals surface area contributed by atoms with Gasteiger partial charge in [-0.2, -0.15) is 0 Å². The number of fused-ring (bicyclic) bond motifs is 1. The molecule has 1 aliphatic rings. The molecule has 3 rings (SSSR count). The van der Waals surface area contributed by atoms with Crippen molar-refractivity contribution in [3.8, 4) is 5.75 Å². The van der Waals surface area contributed by atoms with Crippen molar-refractivity contribution in [3.63, 3.8) is 0 Å². The van der Waals surface area contributed by atoms with Gasteiger partial charge in [0.25, 0.3) is 0 Å². The SMILES string of the molecule is Cc1cncc(C(N)C2COc3ccccc3C2)c1. The van der Waals surface area contributed by atoms with Crippen LogP contribution in [-0.4, -0.2) is 11.6 Å². The Morgan fingerprint density at radius 3 is 3.00 bits per heavy atom. The number of ether oxygens (including phenoxy) is 1. The van der Waals surface area contributed by atoms with Gasteiger partial charge in [-0.25, -0.2) is 0 Å². The van der Waals surface area contributed by atoms with E-state index in [1.807, 2.05) is 37.5 Å². The van der Waals surface area contributed by atoms with E-state index >= 15 is 0 Å². The van der Waals surface area contributed by atoms with Gasteiger partial charge in [0.05, 0.1) is 6.61 Å². The lowest BCUT2D eigenvalue weighted by atomic mass is 9.87. The summed E-state index contributed by atoms with van der Waals surface area (Å²) in [5.74, 6) is 1.30. The van der Waals surface area contributed by atoms with Crippen LogP contribution in [0.3, 0.4) is 0 Å². The molecule has 0 aliphatic carbocycles. The Morgan fingerprint density at radius 1 is 1.32 bits per heavy atom. The van der Waals surface area contributed by atoms with Crippen LogP contribution in [0.1, 0.15) is 22.7 Å². The molecule has 1 aromatic carbocycles. The van der Waals surface area contributed by atoms with Gasteiger partial charge >= 0.3 is 0 Å². The predicted octanol–water partition coefficient (Wildman–Crippen LogP) is 2.64. The molecule has 2 heterocycles. The quantitative estimate of drug-likeness (QED) is 0.896. The van der Waals surface area contributed by atoms with Crippen LogP contribution in [-0.2, 0) is 6.42 Å². The van der Waals surface area contributed by atoms with E-state index in [4.69, 9.17) is 10.5 Å². The Hall–Kier alpha value is -1.87. The van der Waals surface area contributed by atoms with Crippen LogP contribution >= 0.6 is 0 Å². The van der Waals surface area contributed by atoms with Crippen molar-refractivity contribution in [2.45, 2.75) is 19.4 Å². The summed E-state index contributed by atoms with van der Waals surface area (Å²) in [7, 11) is 0. The molecule has 3 nitrogen and oxygen atoms in total. The van der Waals surface area contributed by atoms with Gasteiger partial charge in [-0.15, -0.1) is 0 Å². The maximum Gasteiger partial charge on any atom is 0.122 e. The van der Waals surface area contributed by atoms with Crippen LogP contribution in [0.25, 0.3) is 0 Å². The fourth-order valence-electron chi connectivity index (χ4n) is 2.61. The molecule has 0 bridgehead atoms. The molecule has 2 aromatic rings. The van der Waals surface area contributed by atoms with E-state index in [2.05, 4.69) is 17.1 Å². The minimum Gasteiger partial charge on any atom is -0.493 e. The van der Waals surface area contributed by atoms with Crippen LogP contribution in [0.5, 0.6) is 5.75 Å². The van der Waals surface area contributed by atoms with Crippen LogP contribution in [0.2, 0.25) is 0 Å². The molecule has 0 amide bonds. The summed E-state index contributed by atoms with van der Waals surface area (Å²) in [6.45, 7) is 2.71. The highest BCUT2D eigenvalue weighted by atomic mass is 16.5. The number of para-hydroxylation sites is 1. The third kappa shape index (κ3) is 2.47. The van der Waals surface area contributed by atoms with Crippen molar-refractivity contribution in [2.24, 2.45) is 11.7 Å². The van der Waals surface area contributed by atoms with Gasteiger partial charge in [-0.3, -0.25) is 4.98 Å². The van der Waals surface area contributed by atoms with E-state index in [0.29, 0.717) is 12.5 Å². The number of aryl methyl sites for hydroxylation is 1. The highest BCUT2D eigenvalue weighted by molar-refractivity contribution is 5.36. The van der Waals surface area contributed by atoms with Gasteiger partial charge in [0, 0.05) is 24.4 Å². The lowest BCUT2D eigenvalue weighted by Crippen LogP contribution is -2.31. The summed E-state index contributed by atoms with van der Waals surface area (Å²) in [5, 5.41) is 0. The molecule has 19 heavy (non-hydrogen) atoms. The fraction of sp³-hybridized carbons (Fsp3) is 0.312. The Balaban J connectivity index is 1.81. The van der Waals surface area contributed by atoms with Crippen LogP contribution in [0.4, 0.5) is 0 Å². The molecular weight excluding hydrogens is 236 g/mol. The molecule has 2 unspecified atom stereocenters. The Bertz CT molecular complexity index is 582. The summed E-state index contributed by atoms with van der Waals surface area (Å²) in [6.07, 6.45) is 4.67. The van der Waals surface area contributed by atoms with Crippen molar-refractivity contribution in [3.05, 3.63) is 59.4 Å². The van der Waals surface area contributed by atoms with E-state index < -0.39 is 0 Å². The molecule has 3 heteroatoms. The van der Waals surface area contributed by atoms with Gasteiger partial charge in [0.1, 0.15) is 5.75 Å². The number of hydrogen-bond donors (Lipinski definition) is 1. The topological polar surface area (TPSA) is 48.1 Å². The number of aromatic nitrogens is 1. The molecule has 0 spiro atoms. The van der Waals surface area contributed by atoms with Gasteiger partial charge in [0.15, 0.2) is 0 Å². The first kappa shape index (κ1) is 12.2. The van der Waals surface area contributed by atoms with E-state index in [9.17, 15) is 0 Å². The first-order valence-electron chi connectivity index (χ1n) is 6.62. The van der Waals surface area contributed by atoms with Crippen LogP contribution in [0, 0.1) is 12.8 Å². The van der Waals surface area contributed by atoms with Crippen molar-refractivity contribution < 1.29 is 4.74 Å². The molecule has 1 aliphatic heterocycles. The lowest BCUT2D eigenvalue weighted by molar-refractivity contribution is 0.200. The molecule has 0 fully saturated rings. The van der Waals surface area contributed by atoms with E-state index in [0.717, 1.165) is 23.3 Å². The Morgan fingerprint density at radius 2 is 2.16 bits per heavy atom. The lowest BCUT2D eigenvalue weighted by Gasteiger charge is -2.29. The van der Waals surface area contributed by atoms with Crippen molar-refractivity contribution in [1.29, 1.82) is 0 Å². The maximum atomic E-state index is 6.38. The molecule has 1 aromatic heterocycles. The largest absolute Gasteiger partial charge is 0.493 e. The third-order valence-electron chi connectivity index (χ3n) is 3.70. The predicted molar refractivity (Wildman–Crippen MR) is 75.0 cm³/mol. The number of pyridine rings is 1. The van der Waals surface area contributed by atoms with E-state index in [1.54, 1.807) is 0 Å². The van der Waals surface area contributed by atoms with Crippen LogP contribution in [0.15, 0.2) is 42.7 Å².